The lowest BCUT2D eigenvalue weighted by molar-refractivity contribution is 0.202. The van der Waals surface area contributed by atoms with Gasteiger partial charge in [0.25, 0.3) is 10.1 Å². The summed E-state index contributed by atoms with van der Waals surface area (Å²) >= 11 is 0. The van der Waals surface area contributed by atoms with Gasteiger partial charge in [0, 0.05) is 12.5 Å². The van der Waals surface area contributed by atoms with Gasteiger partial charge in [0.1, 0.15) is 4.87 Å². The molecule has 68 valence electrons. The lowest BCUT2D eigenvalue weighted by Gasteiger charge is -2.26. The van der Waals surface area contributed by atoms with Crippen LogP contribution >= 0.6 is 0 Å². The molecule has 5 nitrogen and oxygen atoms in total. The minimum atomic E-state index is -4.30. The predicted molar refractivity (Wildman–Crippen MR) is 40.4 cm³/mol. The van der Waals surface area contributed by atoms with Crippen molar-refractivity contribution in [3.05, 3.63) is 0 Å². The molecule has 0 aliphatic heterocycles. The van der Waals surface area contributed by atoms with Gasteiger partial charge in [-0.2, -0.15) is 8.42 Å². The van der Waals surface area contributed by atoms with Crippen LogP contribution in [0.15, 0.2) is 0 Å². The van der Waals surface area contributed by atoms with Crippen LogP contribution in [0.2, 0.25) is 0 Å². The van der Waals surface area contributed by atoms with Crippen molar-refractivity contribution >= 4 is 10.1 Å². The van der Waals surface area contributed by atoms with E-state index in [1.54, 1.807) is 0 Å². The van der Waals surface area contributed by atoms with Crippen LogP contribution in [0.25, 0.3) is 0 Å². The van der Waals surface area contributed by atoms with E-state index in [0.717, 1.165) is 6.92 Å². The van der Waals surface area contributed by atoms with E-state index in [9.17, 15) is 8.42 Å². The molecule has 0 heterocycles. The van der Waals surface area contributed by atoms with Gasteiger partial charge in [-0.25, -0.2) is 0 Å². The summed E-state index contributed by atoms with van der Waals surface area (Å²) < 4.78 is 29.7. The third-order valence-corrected chi connectivity index (χ3v) is 3.32. The molecular formula is C5H13NO4S. The van der Waals surface area contributed by atoms with Crippen molar-refractivity contribution in [2.75, 3.05) is 6.61 Å². The van der Waals surface area contributed by atoms with Gasteiger partial charge in [0.05, 0.1) is 0 Å². The van der Waals surface area contributed by atoms with Gasteiger partial charge in [-0.15, -0.1) is 0 Å². The van der Waals surface area contributed by atoms with E-state index in [2.05, 4.69) is 0 Å². The smallest absolute Gasteiger partial charge is 0.283 e. The van der Waals surface area contributed by atoms with Gasteiger partial charge in [0.2, 0.25) is 0 Å². The fourth-order valence-electron chi connectivity index (χ4n) is 0.435. The molecule has 6 heteroatoms. The van der Waals surface area contributed by atoms with Crippen molar-refractivity contribution < 1.29 is 18.1 Å². The zero-order chi connectivity index (χ0) is 9.28. The SMILES string of the molecule is CC(CO)C(C)(N)S(=O)(=O)O. The summed E-state index contributed by atoms with van der Waals surface area (Å²) in [4.78, 5) is -1.78. The Labute approximate surface area is 66.0 Å². The first kappa shape index (κ1) is 10.8. The average molecular weight is 183 g/mol. The van der Waals surface area contributed by atoms with Crippen LogP contribution < -0.4 is 5.73 Å². The Kier molecular flexibility index (Phi) is 3.01. The normalized spacial score (nSPS) is 20.8. The second-order valence-corrected chi connectivity index (χ2v) is 4.57. The maximum absolute atomic E-state index is 10.6. The summed E-state index contributed by atoms with van der Waals surface area (Å²) in [6.07, 6.45) is 0. The Morgan fingerprint density at radius 3 is 2.09 bits per heavy atom. The molecule has 0 aromatic heterocycles. The van der Waals surface area contributed by atoms with Gasteiger partial charge >= 0.3 is 0 Å². The van der Waals surface area contributed by atoms with Crippen molar-refractivity contribution in [1.29, 1.82) is 0 Å². The average Bonchev–Trinajstić information content (AvgIpc) is 1.83. The fraction of sp³-hybridized carbons (Fsp3) is 1.00. The zero-order valence-electron chi connectivity index (χ0n) is 6.48. The maximum Gasteiger partial charge on any atom is 0.283 e. The summed E-state index contributed by atoms with van der Waals surface area (Å²) in [6.45, 7) is 2.21. The van der Waals surface area contributed by atoms with Crippen molar-refractivity contribution in [2.24, 2.45) is 11.7 Å². The molecule has 0 aromatic rings. The number of aliphatic hydroxyl groups is 1. The van der Waals surface area contributed by atoms with E-state index in [-0.39, 0.29) is 6.61 Å². The van der Waals surface area contributed by atoms with Crippen LogP contribution in [-0.2, 0) is 10.1 Å². The van der Waals surface area contributed by atoms with E-state index < -0.39 is 20.9 Å². The summed E-state index contributed by atoms with van der Waals surface area (Å²) in [7, 11) is -4.30. The monoisotopic (exact) mass is 183 g/mol. The Balaban J connectivity index is 4.74. The second-order valence-electron chi connectivity index (χ2n) is 2.74. The molecule has 2 unspecified atom stereocenters. The molecule has 0 bridgehead atoms. The highest BCUT2D eigenvalue weighted by atomic mass is 32.2. The first-order chi connectivity index (χ1) is 4.73. The standard InChI is InChI=1S/C5H13NO4S/c1-4(3-7)5(2,6)11(8,9)10/h4,7H,3,6H2,1-2H3,(H,8,9,10). The second kappa shape index (κ2) is 3.06. The van der Waals surface area contributed by atoms with E-state index in [1.165, 1.54) is 6.92 Å². The van der Waals surface area contributed by atoms with Gasteiger partial charge in [-0.05, 0) is 6.92 Å². The Morgan fingerprint density at radius 1 is 1.64 bits per heavy atom. The molecule has 0 aliphatic rings. The van der Waals surface area contributed by atoms with Crippen molar-refractivity contribution in [2.45, 2.75) is 18.7 Å². The summed E-state index contributed by atoms with van der Waals surface area (Å²) in [5.41, 5.74) is 5.25. The quantitative estimate of drug-likeness (QED) is 0.496. The molecule has 0 aliphatic carbocycles. The lowest BCUT2D eigenvalue weighted by Crippen LogP contribution is -2.51. The van der Waals surface area contributed by atoms with Crippen LogP contribution in [0.4, 0.5) is 0 Å². The van der Waals surface area contributed by atoms with Crippen LogP contribution in [0.3, 0.4) is 0 Å². The van der Waals surface area contributed by atoms with Gasteiger partial charge in [-0.1, -0.05) is 6.92 Å². The molecule has 2 atom stereocenters. The van der Waals surface area contributed by atoms with Gasteiger partial charge < -0.3 is 10.8 Å². The number of aliphatic hydroxyl groups excluding tert-OH is 1. The molecular weight excluding hydrogens is 170 g/mol. The molecule has 0 saturated heterocycles. The third kappa shape index (κ3) is 2.13. The molecule has 0 amide bonds. The minimum absolute atomic E-state index is 0.382. The minimum Gasteiger partial charge on any atom is -0.396 e. The summed E-state index contributed by atoms with van der Waals surface area (Å²) in [5, 5.41) is 8.58. The van der Waals surface area contributed by atoms with Crippen LogP contribution in [0, 0.1) is 5.92 Å². The molecule has 0 spiro atoms. The van der Waals surface area contributed by atoms with Crippen molar-refractivity contribution in [3.63, 3.8) is 0 Å². The molecule has 0 fully saturated rings. The largest absolute Gasteiger partial charge is 0.396 e. The van der Waals surface area contributed by atoms with Crippen molar-refractivity contribution in [3.8, 4) is 0 Å². The van der Waals surface area contributed by atoms with Crippen LogP contribution in [0.5, 0.6) is 0 Å². The topological polar surface area (TPSA) is 101 Å². The number of hydrogen-bond acceptors (Lipinski definition) is 4. The summed E-state index contributed by atoms with van der Waals surface area (Å²) in [5.74, 6) is -0.697. The predicted octanol–water partition coefficient (Wildman–Crippen LogP) is -0.822. The highest BCUT2D eigenvalue weighted by Gasteiger charge is 2.38. The number of hydrogen-bond donors (Lipinski definition) is 3. The van der Waals surface area contributed by atoms with E-state index >= 15 is 0 Å². The highest BCUT2D eigenvalue weighted by molar-refractivity contribution is 7.87. The maximum atomic E-state index is 10.6. The fourth-order valence-corrected chi connectivity index (χ4v) is 1.02. The molecule has 0 radical (unpaired) electrons. The first-order valence-electron chi connectivity index (χ1n) is 3.10. The lowest BCUT2D eigenvalue weighted by atomic mass is 10.1. The van der Waals surface area contributed by atoms with Gasteiger partial charge in [-0.3, -0.25) is 4.55 Å². The third-order valence-electron chi connectivity index (χ3n) is 1.81. The molecule has 0 saturated carbocycles. The Morgan fingerprint density at radius 2 is 2.00 bits per heavy atom. The molecule has 0 aromatic carbocycles. The van der Waals surface area contributed by atoms with E-state index in [1.807, 2.05) is 0 Å². The van der Waals surface area contributed by atoms with E-state index in [0.29, 0.717) is 0 Å². The molecule has 11 heavy (non-hydrogen) atoms. The van der Waals surface area contributed by atoms with E-state index in [4.69, 9.17) is 15.4 Å². The molecule has 0 rings (SSSR count). The Hall–Kier alpha value is -0.170. The Bertz CT molecular complexity index is 221. The first-order valence-corrected chi connectivity index (χ1v) is 4.54. The zero-order valence-corrected chi connectivity index (χ0v) is 7.30. The van der Waals surface area contributed by atoms with Crippen LogP contribution in [-0.4, -0.2) is 29.6 Å². The van der Waals surface area contributed by atoms with Crippen LogP contribution in [0.1, 0.15) is 13.8 Å². The highest BCUT2D eigenvalue weighted by Crippen LogP contribution is 2.18. The summed E-state index contributed by atoms with van der Waals surface area (Å²) in [6, 6.07) is 0. The number of nitrogens with two attached hydrogens (primary N) is 1. The number of rotatable bonds is 3. The molecule has 4 N–H and O–H groups in total. The van der Waals surface area contributed by atoms with Crippen molar-refractivity contribution in [1.82, 2.24) is 0 Å². The van der Waals surface area contributed by atoms with Gasteiger partial charge in [0.15, 0.2) is 0 Å².